The molecule has 0 saturated heterocycles. The third kappa shape index (κ3) is 2.35. The first-order chi connectivity index (χ1) is 10.9. The Labute approximate surface area is 138 Å². The number of aromatic nitrogens is 2. The summed E-state index contributed by atoms with van der Waals surface area (Å²) in [5, 5.41) is 3.14. The lowest BCUT2D eigenvalue weighted by Gasteiger charge is -2.62. The molecule has 2 unspecified atom stereocenters. The molecule has 4 atom stereocenters. The summed E-state index contributed by atoms with van der Waals surface area (Å²) in [6.07, 6.45) is 7.34. The molecule has 4 fully saturated rings. The highest BCUT2D eigenvalue weighted by molar-refractivity contribution is 6.27. The summed E-state index contributed by atoms with van der Waals surface area (Å²) in [5.74, 6) is 0.846. The van der Waals surface area contributed by atoms with Gasteiger partial charge in [0.05, 0.1) is 0 Å². The molecule has 0 spiro atoms. The minimum Gasteiger partial charge on any atom is -0.350 e. The molecule has 1 aromatic rings. The van der Waals surface area contributed by atoms with E-state index in [2.05, 4.69) is 15.3 Å². The Morgan fingerprint density at radius 3 is 2.57 bits per heavy atom. The highest BCUT2D eigenvalue weighted by Crippen LogP contribution is 2.61. The van der Waals surface area contributed by atoms with Gasteiger partial charge in [-0.05, 0) is 50.4 Å². The van der Waals surface area contributed by atoms with Crippen LogP contribution in [0.1, 0.15) is 44.1 Å². The van der Waals surface area contributed by atoms with Crippen LogP contribution in [0.4, 0.5) is 0 Å². The first-order valence-electron chi connectivity index (χ1n) is 8.13. The summed E-state index contributed by atoms with van der Waals surface area (Å²) >= 11 is 5.68. The second-order valence-electron chi connectivity index (χ2n) is 7.69. The Morgan fingerprint density at radius 2 is 1.96 bits per heavy atom. The molecule has 4 bridgehead atoms. The molecule has 4 saturated carbocycles. The fourth-order valence-corrected chi connectivity index (χ4v) is 5.92. The molecule has 124 valence electrons. The van der Waals surface area contributed by atoms with Crippen LogP contribution in [-0.4, -0.2) is 27.3 Å². The van der Waals surface area contributed by atoms with Gasteiger partial charge in [0.2, 0.25) is 5.91 Å². The third-order valence-electron chi connectivity index (χ3n) is 5.98. The SMILES string of the molecule is O=C(CCl)NC12C[C@H]3C[C@@H](C1)CC(c1c[nH]c(=O)[nH]c1=O)(C3)C2. The fourth-order valence-electron chi connectivity index (χ4n) is 5.86. The summed E-state index contributed by atoms with van der Waals surface area (Å²) in [7, 11) is 0. The summed E-state index contributed by atoms with van der Waals surface area (Å²) in [6, 6.07) is 0. The Hall–Kier alpha value is -1.56. The van der Waals surface area contributed by atoms with Gasteiger partial charge in [0.1, 0.15) is 5.88 Å². The smallest absolute Gasteiger partial charge is 0.325 e. The van der Waals surface area contributed by atoms with Crippen LogP contribution < -0.4 is 16.6 Å². The van der Waals surface area contributed by atoms with Crippen molar-refractivity contribution in [2.45, 2.75) is 49.5 Å². The van der Waals surface area contributed by atoms with E-state index in [9.17, 15) is 14.4 Å². The maximum absolute atomic E-state index is 12.4. The van der Waals surface area contributed by atoms with E-state index in [0.29, 0.717) is 17.4 Å². The molecule has 0 aliphatic heterocycles. The number of halogens is 1. The van der Waals surface area contributed by atoms with Crippen molar-refractivity contribution in [2.75, 3.05) is 5.88 Å². The van der Waals surface area contributed by atoms with Crippen LogP contribution in [0.15, 0.2) is 15.8 Å². The third-order valence-corrected chi connectivity index (χ3v) is 6.22. The molecule has 3 N–H and O–H groups in total. The number of hydrogen-bond acceptors (Lipinski definition) is 3. The largest absolute Gasteiger partial charge is 0.350 e. The molecular formula is C16H20ClN3O3. The highest BCUT2D eigenvalue weighted by Gasteiger charge is 2.59. The summed E-state index contributed by atoms with van der Waals surface area (Å²) < 4.78 is 0. The number of alkyl halides is 1. The Balaban J connectivity index is 1.76. The van der Waals surface area contributed by atoms with Gasteiger partial charge < -0.3 is 10.3 Å². The predicted molar refractivity (Wildman–Crippen MR) is 85.6 cm³/mol. The first kappa shape index (κ1) is 15.0. The van der Waals surface area contributed by atoms with E-state index in [-0.39, 0.29) is 28.3 Å². The van der Waals surface area contributed by atoms with E-state index in [4.69, 9.17) is 11.6 Å². The summed E-state index contributed by atoms with van der Waals surface area (Å²) in [5.41, 5.74) is -0.612. The van der Waals surface area contributed by atoms with Gasteiger partial charge >= 0.3 is 5.69 Å². The predicted octanol–water partition coefficient (Wildman–Crippen LogP) is 1.01. The number of aromatic amines is 2. The lowest BCUT2D eigenvalue weighted by Crippen LogP contribution is -2.65. The van der Waals surface area contributed by atoms with Crippen LogP contribution in [0.3, 0.4) is 0 Å². The number of rotatable bonds is 3. The summed E-state index contributed by atoms with van der Waals surface area (Å²) in [4.78, 5) is 40.5. The number of H-pyrrole nitrogens is 2. The van der Waals surface area contributed by atoms with Gasteiger partial charge in [-0.3, -0.25) is 14.6 Å². The highest BCUT2D eigenvalue weighted by atomic mass is 35.5. The van der Waals surface area contributed by atoms with E-state index in [1.165, 1.54) is 6.42 Å². The molecule has 4 aliphatic carbocycles. The van der Waals surface area contributed by atoms with Crippen LogP contribution in [-0.2, 0) is 10.2 Å². The normalized spacial score (nSPS) is 37.8. The zero-order chi connectivity index (χ0) is 16.2. The topological polar surface area (TPSA) is 94.8 Å². The second kappa shape index (κ2) is 4.97. The van der Waals surface area contributed by atoms with E-state index in [0.717, 1.165) is 32.1 Å². The Kier molecular flexibility index (Phi) is 3.24. The number of amides is 1. The fraction of sp³-hybridized carbons (Fsp3) is 0.688. The molecule has 0 radical (unpaired) electrons. The van der Waals surface area contributed by atoms with Gasteiger partial charge in [0, 0.05) is 22.7 Å². The molecule has 1 amide bonds. The van der Waals surface area contributed by atoms with Crippen LogP contribution in [0.25, 0.3) is 0 Å². The molecule has 4 aliphatic rings. The minimum atomic E-state index is -0.478. The van der Waals surface area contributed by atoms with Crippen molar-refractivity contribution in [3.8, 4) is 0 Å². The van der Waals surface area contributed by atoms with Crippen LogP contribution >= 0.6 is 11.6 Å². The van der Waals surface area contributed by atoms with Crippen molar-refractivity contribution < 1.29 is 4.79 Å². The van der Waals surface area contributed by atoms with Gasteiger partial charge in [-0.2, -0.15) is 0 Å². The molecule has 6 nitrogen and oxygen atoms in total. The van der Waals surface area contributed by atoms with Gasteiger partial charge in [-0.25, -0.2) is 4.79 Å². The van der Waals surface area contributed by atoms with Crippen molar-refractivity contribution in [3.63, 3.8) is 0 Å². The van der Waals surface area contributed by atoms with Gasteiger partial charge in [-0.1, -0.05) is 0 Å². The molecular weight excluding hydrogens is 318 g/mol. The van der Waals surface area contributed by atoms with Crippen LogP contribution in [0.5, 0.6) is 0 Å². The van der Waals surface area contributed by atoms with Crippen molar-refractivity contribution in [1.29, 1.82) is 0 Å². The van der Waals surface area contributed by atoms with Crippen LogP contribution in [0, 0.1) is 11.8 Å². The molecule has 1 aromatic heterocycles. The van der Waals surface area contributed by atoms with Crippen molar-refractivity contribution in [3.05, 3.63) is 32.6 Å². The second-order valence-corrected chi connectivity index (χ2v) is 7.96. The van der Waals surface area contributed by atoms with Gasteiger partial charge in [0.15, 0.2) is 0 Å². The maximum Gasteiger partial charge on any atom is 0.325 e. The molecule has 1 heterocycles. The molecule has 5 rings (SSSR count). The average Bonchev–Trinajstić information content (AvgIpc) is 2.44. The van der Waals surface area contributed by atoms with Gasteiger partial charge in [0.25, 0.3) is 5.56 Å². The van der Waals surface area contributed by atoms with Gasteiger partial charge in [-0.15, -0.1) is 11.6 Å². The number of nitrogens with one attached hydrogen (secondary N) is 3. The maximum atomic E-state index is 12.4. The van der Waals surface area contributed by atoms with Crippen molar-refractivity contribution in [2.24, 2.45) is 11.8 Å². The lowest BCUT2D eigenvalue weighted by molar-refractivity contribution is -0.125. The standard InChI is InChI=1S/C16H20ClN3O3/c17-6-12(21)20-16-4-9-1-10(5-16)3-15(2-9,8-16)11-7-18-14(23)19-13(11)22/h7,9-10H,1-6,8H2,(H,20,21)(H2,18,19,22,23)/t9-,10+,15?,16?. The lowest BCUT2D eigenvalue weighted by atomic mass is 9.45. The summed E-state index contributed by atoms with van der Waals surface area (Å²) in [6.45, 7) is 0. The van der Waals surface area contributed by atoms with Crippen LogP contribution in [0.2, 0.25) is 0 Å². The Bertz CT molecular complexity index is 754. The zero-order valence-corrected chi connectivity index (χ0v) is 13.5. The van der Waals surface area contributed by atoms with Crippen molar-refractivity contribution >= 4 is 17.5 Å². The minimum absolute atomic E-state index is 0.0384. The molecule has 0 aromatic carbocycles. The monoisotopic (exact) mass is 337 g/mol. The van der Waals surface area contributed by atoms with E-state index < -0.39 is 5.69 Å². The zero-order valence-electron chi connectivity index (χ0n) is 12.8. The number of carbonyl (C=O) groups is 1. The van der Waals surface area contributed by atoms with E-state index in [1.807, 2.05) is 0 Å². The van der Waals surface area contributed by atoms with Crippen molar-refractivity contribution in [1.82, 2.24) is 15.3 Å². The quantitative estimate of drug-likeness (QED) is 0.718. The van der Waals surface area contributed by atoms with E-state index >= 15 is 0 Å². The average molecular weight is 338 g/mol. The number of hydrogen-bond donors (Lipinski definition) is 3. The molecule has 23 heavy (non-hydrogen) atoms. The first-order valence-corrected chi connectivity index (χ1v) is 8.67. The van der Waals surface area contributed by atoms with E-state index in [1.54, 1.807) is 6.20 Å². The number of carbonyl (C=O) groups excluding carboxylic acids is 1. The molecule has 7 heteroatoms. The Morgan fingerprint density at radius 1 is 1.26 bits per heavy atom.